The second-order valence-electron chi connectivity index (χ2n) is 22.4. The molecule has 0 amide bonds. The van der Waals surface area contributed by atoms with Gasteiger partial charge in [-0.2, -0.15) is 0 Å². The van der Waals surface area contributed by atoms with Gasteiger partial charge in [0.25, 0.3) is 0 Å². The molecule has 14 aromatic rings. The van der Waals surface area contributed by atoms with E-state index in [9.17, 15) is 0 Å². The van der Waals surface area contributed by atoms with E-state index in [-0.39, 0.29) is 0 Å². The van der Waals surface area contributed by atoms with Crippen LogP contribution in [0.25, 0.3) is 133 Å². The first-order valence-electron chi connectivity index (χ1n) is 29.1. The van der Waals surface area contributed by atoms with Crippen molar-refractivity contribution in [2.75, 3.05) is 0 Å². The van der Waals surface area contributed by atoms with E-state index in [2.05, 4.69) is 282 Å². The zero-order chi connectivity index (χ0) is 53.7. The minimum absolute atomic E-state index is 0.362. The number of para-hydroxylation sites is 2. The Morgan fingerprint density at radius 3 is 1.25 bits per heavy atom. The Morgan fingerprint density at radius 2 is 0.790 bits per heavy atom. The van der Waals surface area contributed by atoms with Gasteiger partial charge in [-0.1, -0.05) is 159 Å². The number of fused-ring (bicyclic) bond motifs is 11. The number of aryl methyl sites for hydroxylation is 2. The van der Waals surface area contributed by atoms with Gasteiger partial charge >= 0.3 is 0 Å². The lowest BCUT2D eigenvalue weighted by molar-refractivity contribution is 0.852. The summed E-state index contributed by atoms with van der Waals surface area (Å²) in [6.45, 7) is 4.50. The van der Waals surface area contributed by atoms with Crippen LogP contribution in [0.1, 0.15) is 60.4 Å². The summed E-state index contributed by atoms with van der Waals surface area (Å²) in [6, 6.07) is 82.7. The Kier molecular flexibility index (Phi) is 11.1. The highest BCUT2D eigenvalue weighted by Gasteiger charge is 2.25. The Labute approximate surface area is 472 Å². The van der Waals surface area contributed by atoms with E-state index in [0.29, 0.717) is 5.92 Å². The molecule has 11 aromatic carbocycles. The highest BCUT2D eigenvalue weighted by molar-refractivity contribution is 6.15. The van der Waals surface area contributed by atoms with Gasteiger partial charge in [0, 0.05) is 55.3 Å². The Balaban J connectivity index is 0.881. The molecule has 0 radical (unpaired) electrons. The van der Waals surface area contributed by atoms with Crippen molar-refractivity contribution < 1.29 is 0 Å². The molecule has 0 aliphatic heterocycles. The SMILES string of the molecule is CCc1ccc2c(c1)c1cc(-c3ccc4c(c3)c3cc(-c5ccc6c(c5)c5cc(CC)ccc5n6-c5ccccc5)ccc3n4-c3ccc(-c4c5c(c(C6C=CC=CC6)c6ccccc46)C=CCC5)cc3)ccc1n2-c1ccccc1. The van der Waals surface area contributed by atoms with Crippen LogP contribution < -0.4 is 0 Å². The molecule has 3 aromatic heterocycles. The van der Waals surface area contributed by atoms with Crippen LogP contribution in [0.3, 0.4) is 0 Å². The summed E-state index contributed by atoms with van der Waals surface area (Å²) >= 11 is 0. The maximum absolute atomic E-state index is 2.50. The molecule has 3 heterocycles. The van der Waals surface area contributed by atoms with Gasteiger partial charge in [-0.15, -0.1) is 0 Å². The van der Waals surface area contributed by atoms with Gasteiger partial charge in [-0.05, 0) is 213 Å². The van der Waals surface area contributed by atoms with Crippen LogP contribution in [0.2, 0.25) is 0 Å². The normalized spacial score (nSPS) is 14.2. The maximum atomic E-state index is 2.50. The van der Waals surface area contributed by atoms with E-state index in [1.807, 2.05) is 0 Å². The van der Waals surface area contributed by atoms with Crippen molar-refractivity contribution in [1.82, 2.24) is 13.7 Å². The van der Waals surface area contributed by atoms with Crippen molar-refractivity contribution in [1.29, 1.82) is 0 Å². The van der Waals surface area contributed by atoms with Gasteiger partial charge in [0.05, 0.1) is 33.1 Å². The fourth-order valence-corrected chi connectivity index (χ4v) is 14.0. The van der Waals surface area contributed by atoms with Gasteiger partial charge in [0.2, 0.25) is 0 Å². The molecule has 0 spiro atoms. The molecular formula is C78H59N3. The monoisotopic (exact) mass is 1040 g/mol. The lowest BCUT2D eigenvalue weighted by atomic mass is 9.77. The lowest BCUT2D eigenvalue weighted by Crippen LogP contribution is -2.08. The van der Waals surface area contributed by atoms with Crippen molar-refractivity contribution >= 4 is 82.3 Å². The summed E-state index contributed by atoms with van der Waals surface area (Å²) < 4.78 is 7.34. The van der Waals surface area contributed by atoms with Gasteiger partial charge < -0.3 is 13.7 Å². The molecule has 2 aliphatic carbocycles. The standard InChI is InChI=1S/C78H59N3/c1-3-50-28-38-71-65(44-50)67-46-54(32-40-73(67)79(71)58-20-10-6-11-21-58)56-34-42-75-69(48-56)70-49-57(55-33-41-74-68(47-55)66-45-51(4-2)29-39-72(66)80(74)59-22-12-7-13-23-59)35-43-76(70)81(75)60-36-30-53(31-37-60)78-63-26-16-14-24-61(63)77(52-18-8-5-9-19-52)62-25-15-17-27-64(62)78/h5-16,18,20-26,28-49,52H,3-4,17,19,27H2,1-2H3. The van der Waals surface area contributed by atoms with Crippen LogP contribution in [0.4, 0.5) is 0 Å². The molecule has 0 fully saturated rings. The van der Waals surface area contributed by atoms with Gasteiger partial charge in [-0.3, -0.25) is 0 Å². The lowest BCUT2D eigenvalue weighted by Gasteiger charge is -2.27. The molecule has 3 heteroatoms. The molecule has 3 nitrogen and oxygen atoms in total. The predicted octanol–water partition coefficient (Wildman–Crippen LogP) is 20.8. The predicted molar refractivity (Wildman–Crippen MR) is 345 cm³/mol. The average Bonchev–Trinajstić information content (AvgIpc) is 4.24. The van der Waals surface area contributed by atoms with Gasteiger partial charge in [0.15, 0.2) is 0 Å². The molecule has 0 bridgehead atoms. The minimum Gasteiger partial charge on any atom is -0.309 e. The Hall–Kier alpha value is -9.70. The quantitative estimate of drug-likeness (QED) is 0.137. The van der Waals surface area contributed by atoms with Crippen LogP contribution >= 0.6 is 0 Å². The smallest absolute Gasteiger partial charge is 0.0541 e. The van der Waals surface area contributed by atoms with Crippen LogP contribution in [0.15, 0.2) is 249 Å². The third kappa shape index (κ3) is 7.56. The minimum atomic E-state index is 0.362. The van der Waals surface area contributed by atoms with Crippen LogP contribution in [0.5, 0.6) is 0 Å². The molecule has 0 N–H and O–H groups in total. The molecule has 16 rings (SSSR count). The first-order valence-corrected chi connectivity index (χ1v) is 29.1. The molecule has 2 aliphatic rings. The van der Waals surface area contributed by atoms with Gasteiger partial charge in [-0.25, -0.2) is 0 Å². The first kappa shape index (κ1) is 47.3. The van der Waals surface area contributed by atoms with Crippen molar-refractivity contribution in [2.24, 2.45) is 0 Å². The molecule has 81 heavy (non-hydrogen) atoms. The topological polar surface area (TPSA) is 14.8 Å². The van der Waals surface area contributed by atoms with E-state index < -0.39 is 0 Å². The number of hydrogen-bond donors (Lipinski definition) is 0. The zero-order valence-corrected chi connectivity index (χ0v) is 45.7. The van der Waals surface area contributed by atoms with Crippen LogP contribution in [0, 0.1) is 0 Å². The van der Waals surface area contributed by atoms with E-state index >= 15 is 0 Å². The molecule has 386 valence electrons. The van der Waals surface area contributed by atoms with Crippen LogP contribution in [-0.2, 0) is 19.3 Å². The Morgan fingerprint density at radius 1 is 0.370 bits per heavy atom. The molecule has 0 saturated heterocycles. The highest BCUT2D eigenvalue weighted by atomic mass is 15.0. The number of aromatic nitrogens is 3. The maximum Gasteiger partial charge on any atom is 0.0541 e. The first-order chi connectivity index (χ1) is 40.1. The largest absolute Gasteiger partial charge is 0.309 e. The highest BCUT2D eigenvalue weighted by Crippen LogP contribution is 2.46. The summed E-state index contributed by atoms with van der Waals surface area (Å²) in [7, 11) is 0. The third-order valence-electron chi connectivity index (χ3n) is 18.0. The van der Waals surface area contributed by atoms with Crippen LogP contribution in [-0.4, -0.2) is 13.7 Å². The van der Waals surface area contributed by atoms with Crippen molar-refractivity contribution in [3.8, 4) is 50.4 Å². The van der Waals surface area contributed by atoms with E-state index in [1.54, 1.807) is 0 Å². The number of nitrogens with zero attached hydrogens (tertiary/aromatic N) is 3. The second-order valence-corrected chi connectivity index (χ2v) is 22.4. The molecular weight excluding hydrogens is 979 g/mol. The second kappa shape index (κ2) is 19.0. The summed E-state index contributed by atoms with van der Waals surface area (Å²) in [4.78, 5) is 0. The summed E-state index contributed by atoms with van der Waals surface area (Å²) in [5, 5.41) is 10.3. The van der Waals surface area contributed by atoms with E-state index in [4.69, 9.17) is 0 Å². The molecule has 1 atom stereocenters. The number of hydrogen-bond acceptors (Lipinski definition) is 0. The number of allylic oxidation sites excluding steroid dienone is 5. The van der Waals surface area contributed by atoms with Crippen molar-refractivity contribution in [3.63, 3.8) is 0 Å². The number of rotatable bonds is 9. The Bertz CT molecular complexity index is 4740. The molecule has 0 saturated carbocycles. The zero-order valence-electron chi connectivity index (χ0n) is 45.7. The fourth-order valence-electron chi connectivity index (χ4n) is 14.0. The fraction of sp³-hybridized carbons (Fsp3) is 0.103. The molecule has 1 unspecified atom stereocenters. The van der Waals surface area contributed by atoms with E-state index in [1.165, 1.54) is 149 Å². The summed E-state index contributed by atoms with van der Waals surface area (Å²) in [5.41, 5.74) is 25.3. The van der Waals surface area contributed by atoms with Crippen molar-refractivity contribution in [2.45, 2.75) is 51.9 Å². The number of benzene rings is 11. The average molecular weight is 1040 g/mol. The summed E-state index contributed by atoms with van der Waals surface area (Å²) in [6.07, 6.45) is 19.0. The van der Waals surface area contributed by atoms with Gasteiger partial charge in [0.1, 0.15) is 0 Å². The third-order valence-corrected chi connectivity index (χ3v) is 18.0. The summed E-state index contributed by atoms with van der Waals surface area (Å²) in [5.74, 6) is 0.362. The van der Waals surface area contributed by atoms with E-state index in [0.717, 1.165) is 37.8 Å². The van der Waals surface area contributed by atoms with Crippen molar-refractivity contribution in [3.05, 3.63) is 277 Å².